The highest BCUT2D eigenvalue weighted by molar-refractivity contribution is 6.11. The molecule has 0 aliphatic carbocycles. The van der Waals surface area contributed by atoms with Crippen molar-refractivity contribution in [2.24, 2.45) is 0 Å². The Kier molecular flexibility index (Phi) is 6.22. The van der Waals surface area contributed by atoms with Crippen molar-refractivity contribution in [3.8, 4) is 17.7 Å². The molecule has 6 heteroatoms. The molecule has 0 aliphatic heterocycles. The molecule has 0 saturated carbocycles. The number of ketones is 1. The van der Waals surface area contributed by atoms with Crippen LogP contribution in [-0.2, 0) is 12.0 Å². The second-order valence-corrected chi connectivity index (χ2v) is 8.71. The molecule has 1 N–H and O–H groups in total. The number of aromatic hydroxyl groups is 1. The molecule has 0 unspecified atom stereocenters. The molecule has 0 amide bonds. The van der Waals surface area contributed by atoms with E-state index in [4.69, 9.17) is 4.74 Å². The van der Waals surface area contributed by atoms with E-state index in [1.54, 1.807) is 43.5 Å². The maximum atomic E-state index is 13.3. The summed E-state index contributed by atoms with van der Waals surface area (Å²) in [5.74, 6) is -0.242. The number of carbonyl (C=O) groups is 1. The van der Waals surface area contributed by atoms with Crippen molar-refractivity contribution in [3.05, 3.63) is 92.3 Å². The molecule has 1 aromatic heterocycles. The van der Waals surface area contributed by atoms with Gasteiger partial charge in [0, 0.05) is 5.56 Å². The van der Waals surface area contributed by atoms with Crippen molar-refractivity contribution in [1.29, 1.82) is 5.26 Å². The average molecular weight is 431 g/mol. The average Bonchev–Trinajstić information content (AvgIpc) is 2.77. The summed E-state index contributed by atoms with van der Waals surface area (Å²) in [6.45, 7) is 7.75. The summed E-state index contributed by atoms with van der Waals surface area (Å²) < 4.78 is 6.20. The summed E-state index contributed by atoms with van der Waals surface area (Å²) in [6.07, 6.45) is 0. The maximum Gasteiger partial charge on any atom is 0.271 e. The van der Waals surface area contributed by atoms with E-state index in [1.807, 2.05) is 18.2 Å². The number of aromatic nitrogens is 1. The van der Waals surface area contributed by atoms with Crippen LogP contribution >= 0.6 is 0 Å². The molecule has 0 spiro atoms. The molecule has 32 heavy (non-hydrogen) atoms. The lowest BCUT2D eigenvalue weighted by molar-refractivity contribution is 0.103. The van der Waals surface area contributed by atoms with Gasteiger partial charge in [-0.3, -0.25) is 14.2 Å². The van der Waals surface area contributed by atoms with Gasteiger partial charge in [-0.15, -0.1) is 0 Å². The first-order valence-corrected chi connectivity index (χ1v) is 10.2. The molecular formula is C26H26N2O4. The topological polar surface area (TPSA) is 92.3 Å². The number of nitrogens with zero attached hydrogens (tertiary/aromatic N) is 2. The van der Waals surface area contributed by atoms with Crippen molar-refractivity contribution in [3.63, 3.8) is 0 Å². The Bertz CT molecular complexity index is 1260. The molecule has 0 aliphatic rings. The van der Waals surface area contributed by atoms with Crippen molar-refractivity contribution >= 4 is 5.78 Å². The van der Waals surface area contributed by atoms with Gasteiger partial charge in [0.1, 0.15) is 17.4 Å². The van der Waals surface area contributed by atoms with Crippen LogP contribution < -0.4 is 10.3 Å². The molecular weight excluding hydrogens is 404 g/mol. The van der Waals surface area contributed by atoms with Crippen LogP contribution in [0.1, 0.15) is 58.9 Å². The Balaban J connectivity index is 2.11. The zero-order valence-corrected chi connectivity index (χ0v) is 18.9. The summed E-state index contributed by atoms with van der Waals surface area (Å²) in [4.78, 5) is 26.2. The van der Waals surface area contributed by atoms with Gasteiger partial charge < -0.3 is 9.84 Å². The Morgan fingerprint density at radius 1 is 1.09 bits per heavy atom. The van der Waals surface area contributed by atoms with E-state index in [0.717, 1.165) is 10.1 Å². The van der Waals surface area contributed by atoms with Gasteiger partial charge >= 0.3 is 0 Å². The SMILES string of the molecule is COc1ccc(Cn2c(O)c(C(=O)c3ccc(C(C)(C)C)cc3)c(C)c(C#N)c2=O)cc1. The molecule has 0 fully saturated rings. The van der Waals surface area contributed by atoms with Crippen LogP contribution in [0, 0.1) is 18.3 Å². The van der Waals surface area contributed by atoms with Crippen LogP contribution in [-0.4, -0.2) is 22.6 Å². The van der Waals surface area contributed by atoms with Crippen LogP contribution in [0.4, 0.5) is 0 Å². The number of hydrogen-bond acceptors (Lipinski definition) is 5. The molecule has 3 rings (SSSR count). The van der Waals surface area contributed by atoms with Gasteiger partial charge in [-0.05, 0) is 41.2 Å². The minimum Gasteiger partial charge on any atom is -0.497 e. The fourth-order valence-electron chi connectivity index (χ4n) is 3.55. The summed E-state index contributed by atoms with van der Waals surface area (Å²) in [5, 5.41) is 20.5. The van der Waals surface area contributed by atoms with Crippen LogP contribution in [0.3, 0.4) is 0 Å². The van der Waals surface area contributed by atoms with Gasteiger partial charge in [0.15, 0.2) is 5.78 Å². The Morgan fingerprint density at radius 2 is 1.69 bits per heavy atom. The summed E-state index contributed by atoms with van der Waals surface area (Å²) in [5.41, 5.74) is 1.41. The smallest absolute Gasteiger partial charge is 0.271 e. The molecule has 0 saturated heterocycles. The van der Waals surface area contributed by atoms with E-state index < -0.39 is 17.2 Å². The quantitative estimate of drug-likeness (QED) is 0.609. The highest BCUT2D eigenvalue weighted by Crippen LogP contribution is 2.28. The van der Waals surface area contributed by atoms with E-state index in [1.165, 1.54) is 6.92 Å². The van der Waals surface area contributed by atoms with E-state index >= 15 is 0 Å². The Hall–Kier alpha value is -3.85. The number of nitriles is 1. The Labute approximate surface area is 187 Å². The monoisotopic (exact) mass is 430 g/mol. The van der Waals surface area contributed by atoms with Gasteiger partial charge in [-0.2, -0.15) is 5.26 Å². The minimum absolute atomic E-state index is 0.00681. The number of benzene rings is 2. The lowest BCUT2D eigenvalue weighted by Crippen LogP contribution is -2.27. The van der Waals surface area contributed by atoms with Gasteiger partial charge in [-0.25, -0.2) is 0 Å². The van der Waals surface area contributed by atoms with E-state index in [0.29, 0.717) is 16.9 Å². The van der Waals surface area contributed by atoms with E-state index in [9.17, 15) is 20.0 Å². The first kappa shape index (κ1) is 22.8. The first-order chi connectivity index (χ1) is 15.1. The molecule has 0 atom stereocenters. The normalized spacial score (nSPS) is 11.1. The minimum atomic E-state index is -0.641. The van der Waals surface area contributed by atoms with Gasteiger partial charge in [0.2, 0.25) is 5.88 Å². The number of carbonyl (C=O) groups excluding carboxylic acids is 1. The summed E-state index contributed by atoms with van der Waals surface area (Å²) >= 11 is 0. The van der Waals surface area contributed by atoms with Gasteiger partial charge in [0.25, 0.3) is 5.56 Å². The molecule has 0 radical (unpaired) electrons. The van der Waals surface area contributed by atoms with Gasteiger partial charge in [0.05, 0.1) is 19.2 Å². The molecule has 3 aromatic rings. The van der Waals surface area contributed by atoms with Crippen LogP contribution in [0.15, 0.2) is 53.3 Å². The third kappa shape index (κ3) is 4.28. The molecule has 6 nitrogen and oxygen atoms in total. The maximum absolute atomic E-state index is 13.3. The summed E-state index contributed by atoms with van der Waals surface area (Å²) in [7, 11) is 1.55. The standard InChI is InChI=1S/C26H26N2O4/c1-16-21(14-27)24(30)28(15-17-6-12-20(32-5)13-7-17)25(31)22(16)23(29)18-8-10-19(11-9-18)26(2,3)4/h6-13,31H,15H2,1-5H3. The zero-order chi connectivity index (χ0) is 23.6. The number of rotatable bonds is 5. The lowest BCUT2D eigenvalue weighted by atomic mass is 9.86. The van der Waals surface area contributed by atoms with E-state index in [-0.39, 0.29) is 28.7 Å². The van der Waals surface area contributed by atoms with Crippen molar-refractivity contribution in [2.45, 2.75) is 39.7 Å². The largest absolute Gasteiger partial charge is 0.497 e. The second kappa shape index (κ2) is 8.72. The molecule has 2 aromatic carbocycles. The molecule has 1 heterocycles. The zero-order valence-electron chi connectivity index (χ0n) is 18.9. The highest BCUT2D eigenvalue weighted by atomic mass is 16.5. The summed E-state index contributed by atoms with van der Waals surface area (Å²) in [6, 6.07) is 16.0. The highest BCUT2D eigenvalue weighted by Gasteiger charge is 2.25. The Morgan fingerprint density at radius 3 is 2.19 bits per heavy atom. The fraction of sp³-hybridized carbons (Fsp3) is 0.269. The van der Waals surface area contributed by atoms with Crippen molar-refractivity contribution in [2.75, 3.05) is 7.11 Å². The van der Waals surface area contributed by atoms with Crippen LogP contribution in [0.25, 0.3) is 0 Å². The van der Waals surface area contributed by atoms with Crippen molar-refractivity contribution in [1.82, 2.24) is 4.57 Å². The number of hydrogen-bond donors (Lipinski definition) is 1. The van der Waals surface area contributed by atoms with Crippen LogP contribution in [0.2, 0.25) is 0 Å². The van der Waals surface area contributed by atoms with E-state index in [2.05, 4.69) is 20.8 Å². The third-order valence-electron chi connectivity index (χ3n) is 5.54. The third-order valence-corrected chi connectivity index (χ3v) is 5.54. The molecule has 164 valence electrons. The number of ether oxygens (including phenoxy) is 1. The van der Waals surface area contributed by atoms with Crippen molar-refractivity contribution < 1.29 is 14.6 Å². The predicted molar refractivity (Wildman–Crippen MR) is 122 cm³/mol. The second-order valence-electron chi connectivity index (χ2n) is 8.71. The first-order valence-electron chi connectivity index (χ1n) is 10.2. The van der Waals surface area contributed by atoms with Gasteiger partial charge in [-0.1, -0.05) is 57.2 Å². The number of pyridine rings is 1. The fourth-order valence-corrected chi connectivity index (χ4v) is 3.55. The molecule has 0 bridgehead atoms. The predicted octanol–water partition coefficient (Wildman–Crippen LogP) is 4.32. The van der Waals surface area contributed by atoms with Crippen LogP contribution in [0.5, 0.6) is 11.6 Å². The number of methoxy groups -OCH3 is 1. The lowest BCUT2D eigenvalue weighted by Gasteiger charge is -2.19.